The zero-order chi connectivity index (χ0) is 30.2. The largest absolute Gasteiger partial charge is 0.459 e. The highest BCUT2D eigenvalue weighted by Gasteiger charge is 2.60. The van der Waals surface area contributed by atoms with Crippen molar-refractivity contribution < 1.29 is 42.9 Å². The molecule has 218 valence electrons. The molecule has 0 bridgehead atoms. The van der Waals surface area contributed by atoms with E-state index in [0.717, 1.165) is 0 Å². The number of hydrogen-bond donors (Lipinski definition) is 0. The van der Waals surface area contributed by atoms with Gasteiger partial charge < -0.3 is 23.7 Å². The highest BCUT2D eigenvalue weighted by atomic mass is 16.8. The zero-order valence-electron chi connectivity index (χ0n) is 23.2. The summed E-state index contributed by atoms with van der Waals surface area (Å²) in [6.07, 6.45) is -3.96. The number of hydrogen-bond acceptors (Lipinski definition) is 9. The van der Waals surface area contributed by atoms with E-state index >= 15 is 0 Å². The van der Waals surface area contributed by atoms with Gasteiger partial charge in [-0.3, -0.25) is 0 Å². The van der Waals surface area contributed by atoms with Crippen molar-refractivity contribution in [3.05, 3.63) is 144 Å². The number of ether oxygens (including phenoxy) is 5. The first-order chi connectivity index (χ1) is 20.8. The molecule has 0 aromatic heterocycles. The normalized spacial score (nSPS) is 20.9. The summed E-state index contributed by atoms with van der Waals surface area (Å²) in [6, 6.07) is 32.8. The Morgan fingerprint density at radius 1 is 0.581 bits per heavy atom. The SMILES string of the molecule is C[C@@]1(OC(=O)c2ccccc2)O[C@H](COC(=O)c2ccccc2)[C@@H](OC(=O)c2ccccc2)[C@H]1OC(=O)c1ccccc1. The molecule has 1 heterocycles. The first-order valence-electron chi connectivity index (χ1n) is 13.5. The Balaban J connectivity index is 1.48. The highest BCUT2D eigenvalue weighted by molar-refractivity contribution is 5.91. The van der Waals surface area contributed by atoms with Crippen LogP contribution in [0.25, 0.3) is 0 Å². The second-order valence-corrected chi connectivity index (χ2v) is 9.82. The molecule has 4 atom stereocenters. The molecule has 0 spiro atoms. The number of carbonyl (C=O) groups is 4. The quantitative estimate of drug-likeness (QED) is 0.193. The average Bonchev–Trinajstić information content (AvgIpc) is 3.30. The fraction of sp³-hybridized carbons (Fsp3) is 0.176. The lowest BCUT2D eigenvalue weighted by atomic mass is 10.0. The van der Waals surface area contributed by atoms with Crippen LogP contribution in [-0.2, 0) is 23.7 Å². The summed E-state index contributed by atoms with van der Waals surface area (Å²) < 4.78 is 29.2. The zero-order valence-corrected chi connectivity index (χ0v) is 23.2. The van der Waals surface area contributed by atoms with Gasteiger partial charge in [0.15, 0.2) is 6.10 Å². The summed E-state index contributed by atoms with van der Waals surface area (Å²) in [5.74, 6) is -4.86. The second kappa shape index (κ2) is 13.1. The molecular formula is C34H28O9. The molecule has 0 radical (unpaired) electrons. The van der Waals surface area contributed by atoms with Gasteiger partial charge in [0.05, 0.1) is 22.3 Å². The van der Waals surface area contributed by atoms with Gasteiger partial charge in [0.2, 0.25) is 6.10 Å². The molecule has 4 aromatic rings. The van der Waals surface area contributed by atoms with E-state index in [1.54, 1.807) is 121 Å². The molecule has 1 aliphatic rings. The summed E-state index contributed by atoms with van der Waals surface area (Å²) in [6.45, 7) is 0.997. The number of carbonyl (C=O) groups excluding carboxylic acids is 4. The molecule has 0 N–H and O–H groups in total. The topological polar surface area (TPSA) is 114 Å². The van der Waals surface area contributed by atoms with Crippen LogP contribution >= 0.6 is 0 Å². The van der Waals surface area contributed by atoms with Gasteiger partial charge in [-0.1, -0.05) is 72.8 Å². The Bertz CT molecular complexity index is 1560. The van der Waals surface area contributed by atoms with Crippen LogP contribution in [-0.4, -0.2) is 54.6 Å². The molecular weight excluding hydrogens is 552 g/mol. The van der Waals surface area contributed by atoms with E-state index in [1.807, 2.05) is 0 Å². The minimum Gasteiger partial charge on any atom is -0.459 e. The molecule has 5 rings (SSSR count). The number of benzene rings is 4. The van der Waals surface area contributed by atoms with E-state index in [4.69, 9.17) is 23.7 Å². The number of rotatable bonds is 9. The van der Waals surface area contributed by atoms with Crippen molar-refractivity contribution >= 4 is 23.9 Å². The van der Waals surface area contributed by atoms with Crippen molar-refractivity contribution in [3.8, 4) is 0 Å². The highest BCUT2D eigenvalue weighted by Crippen LogP contribution is 2.38. The van der Waals surface area contributed by atoms with Crippen LogP contribution in [0.3, 0.4) is 0 Å². The average molecular weight is 581 g/mol. The maximum atomic E-state index is 13.3. The molecule has 1 aliphatic heterocycles. The fourth-order valence-corrected chi connectivity index (χ4v) is 4.61. The van der Waals surface area contributed by atoms with E-state index in [9.17, 15) is 19.2 Å². The van der Waals surface area contributed by atoms with Crippen molar-refractivity contribution in [2.75, 3.05) is 6.61 Å². The van der Waals surface area contributed by atoms with E-state index in [-0.39, 0.29) is 16.7 Å². The lowest BCUT2D eigenvalue weighted by Crippen LogP contribution is -2.48. The molecule has 1 saturated heterocycles. The van der Waals surface area contributed by atoms with E-state index in [1.165, 1.54) is 6.92 Å². The summed E-state index contributed by atoms with van der Waals surface area (Å²) in [4.78, 5) is 52.4. The molecule has 0 aliphatic carbocycles. The molecule has 0 amide bonds. The summed E-state index contributed by atoms with van der Waals surface area (Å²) in [5.41, 5.74) is 0.956. The van der Waals surface area contributed by atoms with Crippen molar-refractivity contribution in [1.29, 1.82) is 0 Å². The van der Waals surface area contributed by atoms with Gasteiger partial charge in [-0.05, 0) is 48.5 Å². The number of esters is 4. The minimum absolute atomic E-state index is 0.214. The molecule has 43 heavy (non-hydrogen) atoms. The van der Waals surface area contributed by atoms with Gasteiger partial charge in [-0.15, -0.1) is 0 Å². The summed E-state index contributed by atoms with van der Waals surface area (Å²) in [5, 5.41) is 0. The van der Waals surface area contributed by atoms with Crippen LogP contribution < -0.4 is 0 Å². The second-order valence-electron chi connectivity index (χ2n) is 9.82. The Morgan fingerprint density at radius 3 is 1.44 bits per heavy atom. The van der Waals surface area contributed by atoms with Gasteiger partial charge in [-0.2, -0.15) is 0 Å². The van der Waals surface area contributed by atoms with Crippen molar-refractivity contribution in [3.63, 3.8) is 0 Å². The van der Waals surface area contributed by atoms with Crippen LogP contribution in [0.5, 0.6) is 0 Å². The van der Waals surface area contributed by atoms with Crippen LogP contribution in [0.15, 0.2) is 121 Å². The smallest absolute Gasteiger partial charge is 0.340 e. The summed E-state index contributed by atoms with van der Waals surface area (Å²) >= 11 is 0. The Morgan fingerprint density at radius 2 is 0.977 bits per heavy atom. The maximum Gasteiger partial charge on any atom is 0.340 e. The van der Waals surface area contributed by atoms with Gasteiger partial charge >= 0.3 is 23.9 Å². The first-order valence-corrected chi connectivity index (χ1v) is 13.5. The third-order valence-electron chi connectivity index (χ3n) is 6.76. The summed E-state index contributed by atoms with van der Waals surface area (Å²) in [7, 11) is 0. The Kier molecular flexibility index (Phi) is 8.93. The van der Waals surface area contributed by atoms with Crippen LogP contribution in [0, 0.1) is 0 Å². The molecule has 9 heteroatoms. The third kappa shape index (κ3) is 6.97. The van der Waals surface area contributed by atoms with E-state index < -0.39 is 54.6 Å². The van der Waals surface area contributed by atoms with Crippen molar-refractivity contribution in [2.24, 2.45) is 0 Å². The lowest BCUT2D eigenvalue weighted by molar-refractivity contribution is -0.218. The molecule has 1 fully saturated rings. The standard InChI is InChI=1S/C34H28O9/c1-34(43-33(38)26-20-12-5-13-21-26)29(41-32(37)25-18-10-4-11-19-25)28(40-31(36)24-16-8-3-9-17-24)27(42-34)22-39-30(35)23-14-6-2-7-15-23/h2-21,27-29H,22H2,1H3/t27-,28-,29-,34+/m1/s1. The van der Waals surface area contributed by atoms with Crippen LogP contribution in [0.1, 0.15) is 48.4 Å². The lowest BCUT2D eigenvalue weighted by Gasteiger charge is -2.30. The predicted octanol–water partition coefficient (Wildman–Crippen LogP) is 5.27. The van der Waals surface area contributed by atoms with E-state index in [2.05, 4.69) is 0 Å². The van der Waals surface area contributed by atoms with Gasteiger partial charge in [0, 0.05) is 6.92 Å². The molecule has 4 aromatic carbocycles. The van der Waals surface area contributed by atoms with Gasteiger partial charge in [-0.25, -0.2) is 19.2 Å². The van der Waals surface area contributed by atoms with Gasteiger partial charge in [0.1, 0.15) is 12.7 Å². The van der Waals surface area contributed by atoms with Crippen molar-refractivity contribution in [2.45, 2.75) is 31.0 Å². The van der Waals surface area contributed by atoms with Crippen molar-refractivity contribution in [1.82, 2.24) is 0 Å². The molecule has 0 saturated carbocycles. The van der Waals surface area contributed by atoms with Crippen LogP contribution in [0.4, 0.5) is 0 Å². The minimum atomic E-state index is -1.94. The predicted molar refractivity (Wildman–Crippen MR) is 153 cm³/mol. The Hall–Kier alpha value is -5.28. The monoisotopic (exact) mass is 580 g/mol. The first kappa shape index (κ1) is 29.2. The van der Waals surface area contributed by atoms with E-state index in [0.29, 0.717) is 5.56 Å². The maximum absolute atomic E-state index is 13.3. The Labute approximate surface area is 247 Å². The van der Waals surface area contributed by atoms with Crippen LogP contribution in [0.2, 0.25) is 0 Å². The molecule has 0 unspecified atom stereocenters. The fourth-order valence-electron chi connectivity index (χ4n) is 4.61. The van der Waals surface area contributed by atoms with Gasteiger partial charge in [0.25, 0.3) is 5.79 Å². The molecule has 9 nitrogen and oxygen atoms in total. The third-order valence-corrected chi connectivity index (χ3v) is 6.76.